The summed E-state index contributed by atoms with van der Waals surface area (Å²) < 4.78 is 15.9. The van der Waals surface area contributed by atoms with Gasteiger partial charge in [-0.05, 0) is 84.5 Å². The Morgan fingerprint density at radius 2 is 1.24 bits per heavy atom. The number of benzene rings is 3. The smallest absolute Gasteiger partial charge is 0.338 e. The van der Waals surface area contributed by atoms with E-state index in [0.717, 1.165) is 12.2 Å². The van der Waals surface area contributed by atoms with Crippen molar-refractivity contribution in [2.24, 2.45) is 0 Å². The molecule has 222 valence electrons. The van der Waals surface area contributed by atoms with Gasteiger partial charge >= 0.3 is 11.9 Å². The first-order chi connectivity index (χ1) is 20.0. The van der Waals surface area contributed by atoms with Crippen LogP contribution in [0.4, 0.5) is 11.4 Å². The fourth-order valence-corrected chi connectivity index (χ4v) is 3.77. The topological polar surface area (TPSA) is 120 Å². The van der Waals surface area contributed by atoms with Gasteiger partial charge in [0, 0.05) is 24.2 Å². The second-order valence-electron chi connectivity index (χ2n) is 10.7. The Hall–Kier alpha value is -4.66. The van der Waals surface area contributed by atoms with Gasteiger partial charge in [0.2, 0.25) is 5.91 Å². The van der Waals surface area contributed by atoms with Crippen molar-refractivity contribution in [3.8, 4) is 11.5 Å². The number of ether oxygens (including phenoxy) is 3. The summed E-state index contributed by atoms with van der Waals surface area (Å²) in [5.74, 6) is -0.398. The van der Waals surface area contributed by atoms with E-state index >= 15 is 0 Å². The van der Waals surface area contributed by atoms with Crippen LogP contribution in [0, 0.1) is 0 Å². The van der Waals surface area contributed by atoms with Crippen LogP contribution in [-0.4, -0.2) is 37.0 Å². The molecule has 0 unspecified atom stereocenters. The van der Waals surface area contributed by atoms with Crippen molar-refractivity contribution in [1.29, 1.82) is 0 Å². The van der Waals surface area contributed by atoms with E-state index in [1.807, 2.05) is 31.2 Å². The third-order valence-corrected chi connectivity index (χ3v) is 6.08. The molecule has 2 amide bonds. The number of esters is 2. The van der Waals surface area contributed by atoms with Gasteiger partial charge in [-0.15, -0.1) is 0 Å². The molecule has 9 heteroatoms. The van der Waals surface area contributed by atoms with Gasteiger partial charge in [0.25, 0.3) is 5.91 Å². The Morgan fingerprint density at radius 1 is 0.690 bits per heavy atom. The molecule has 0 aliphatic rings. The number of amides is 2. The van der Waals surface area contributed by atoms with Crippen molar-refractivity contribution in [2.75, 3.05) is 23.8 Å². The zero-order chi connectivity index (χ0) is 30.5. The lowest BCUT2D eigenvalue weighted by molar-refractivity contribution is -0.147. The maximum atomic E-state index is 12.3. The maximum absolute atomic E-state index is 12.3. The van der Waals surface area contributed by atoms with Gasteiger partial charge in [-0.25, -0.2) is 4.79 Å². The van der Waals surface area contributed by atoms with Crippen molar-refractivity contribution in [1.82, 2.24) is 0 Å². The summed E-state index contributed by atoms with van der Waals surface area (Å²) in [6.07, 6.45) is 1.11. The van der Waals surface area contributed by atoms with Crippen molar-refractivity contribution < 1.29 is 33.4 Å². The Labute approximate surface area is 246 Å². The predicted octanol–water partition coefficient (Wildman–Crippen LogP) is 6.63. The Kier molecular flexibility index (Phi) is 11.7. The number of anilines is 2. The van der Waals surface area contributed by atoms with Gasteiger partial charge in [0.1, 0.15) is 11.5 Å². The van der Waals surface area contributed by atoms with Crippen molar-refractivity contribution >= 4 is 35.1 Å². The molecule has 0 heterocycles. The maximum Gasteiger partial charge on any atom is 0.338 e. The molecule has 3 aromatic rings. The average molecular weight is 575 g/mol. The van der Waals surface area contributed by atoms with Crippen molar-refractivity contribution in [2.45, 2.75) is 58.8 Å². The first-order valence-electron chi connectivity index (χ1n) is 13.9. The number of hydrogen-bond donors (Lipinski definition) is 2. The highest BCUT2D eigenvalue weighted by Crippen LogP contribution is 2.27. The lowest BCUT2D eigenvalue weighted by atomic mass is 9.87. The molecule has 2 N–H and O–H groups in total. The van der Waals surface area contributed by atoms with Crippen LogP contribution in [0.15, 0.2) is 72.8 Å². The lowest BCUT2D eigenvalue weighted by Gasteiger charge is -2.19. The normalized spacial score (nSPS) is 10.9. The van der Waals surface area contributed by atoms with E-state index in [-0.39, 0.29) is 30.6 Å². The van der Waals surface area contributed by atoms with Crippen LogP contribution < -0.4 is 15.4 Å². The van der Waals surface area contributed by atoms with E-state index in [2.05, 4.69) is 31.4 Å². The molecule has 3 rings (SSSR count). The van der Waals surface area contributed by atoms with Gasteiger partial charge in [-0.2, -0.15) is 0 Å². The van der Waals surface area contributed by atoms with Crippen LogP contribution in [0.1, 0.15) is 69.3 Å². The third kappa shape index (κ3) is 10.7. The quantitative estimate of drug-likeness (QED) is 0.220. The van der Waals surface area contributed by atoms with E-state index in [1.54, 1.807) is 48.5 Å². The minimum Gasteiger partial charge on any atom is -0.462 e. The van der Waals surface area contributed by atoms with E-state index < -0.39 is 24.5 Å². The Morgan fingerprint density at radius 3 is 1.81 bits per heavy atom. The van der Waals surface area contributed by atoms with Crippen molar-refractivity contribution in [3.63, 3.8) is 0 Å². The fourth-order valence-electron chi connectivity index (χ4n) is 3.77. The van der Waals surface area contributed by atoms with Crippen LogP contribution in [0.25, 0.3) is 0 Å². The number of rotatable bonds is 13. The van der Waals surface area contributed by atoms with Crippen LogP contribution >= 0.6 is 0 Å². The lowest BCUT2D eigenvalue weighted by Crippen LogP contribution is -2.21. The average Bonchev–Trinajstić information content (AvgIpc) is 2.96. The van der Waals surface area contributed by atoms with Crippen LogP contribution in [0.2, 0.25) is 0 Å². The minimum atomic E-state index is -0.580. The predicted molar refractivity (Wildman–Crippen MR) is 161 cm³/mol. The first-order valence-corrected chi connectivity index (χ1v) is 13.9. The standard InChI is InChI=1S/C33H38N2O7/c1-5-21-40-32(39)23-9-13-25(14-10-23)35-30(37)22-41-31(38)8-6-7-29(36)34-26-15-19-28(20-16-26)42-27-17-11-24(12-18-27)33(2,3)4/h9-20H,5-8,21-22H2,1-4H3,(H,34,36)(H,35,37). The molecule has 0 saturated heterocycles. The fraction of sp³-hybridized carbons (Fsp3) is 0.333. The zero-order valence-corrected chi connectivity index (χ0v) is 24.5. The highest BCUT2D eigenvalue weighted by atomic mass is 16.5. The van der Waals surface area contributed by atoms with E-state index in [9.17, 15) is 19.2 Å². The number of carbonyl (C=O) groups is 4. The van der Waals surface area contributed by atoms with Crippen molar-refractivity contribution in [3.05, 3.63) is 83.9 Å². The zero-order valence-electron chi connectivity index (χ0n) is 24.5. The summed E-state index contributed by atoms with van der Waals surface area (Å²) in [5, 5.41) is 5.38. The molecule has 42 heavy (non-hydrogen) atoms. The summed E-state index contributed by atoms with van der Waals surface area (Å²) in [6.45, 7) is 8.25. The second kappa shape index (κ2) is 15.4. The number of hydrogen-bond acceptors (Lipinski definition) is 7. The largest absolute Gasteiger partial charge is 0.462 e. The number of nitrogens with one attached hydrogen (secondary N) is 2. The first kappa shape index (κ1) is 31.9. The molecular formula is C33H38N2O7. The van der Waals surface area contributed by atoms with Gasteiger partial charge < -0.3 is 24.8 Å². The molecule has 0 saturated carbocycles. The molecule has 0 aliphatic carbocycles. The van der Waals surface area contributed by atoms with E-state index in [1.165, 1.54) is 5.56 Å². The molecule has 0 aromatic heterocycles. The van der Waals surface area contributed by atoms with Crippen LogP contribution in [-0.2, 0) is 29.3 Å². The summed E-state index contributed by atoms with van der Waals surface area (Å²) in [7, 11) is 0. The molecule has 0 fully saturated rings. The van der Waals surface area contributed by atoms with E-state index in [0.29, 0.717) is 29.3 Å². The summed E-state index contributed by atoms with van der Waals surface area (Å²) in [6, 6.07) is 21.2. The van der Waals surface area contributed by atoms with Gasteiger partial charge in [-0.1, -0.05) is 39.8 Å². The summed E-state index contributed by atoms with van der Waals surface area (Å²) in [4.78, 5) is 48.2. The van der Waals surface area contributed by atoms with Crippen LogP contribution in [0.3, 0.4) is 0 Å². The molecule has 0 radical (unpaired) electrons. The molecule has 9 nitrogen and oxygen atoms in total. The minimum absolute atomic E-state index is 0.00392. The SMILES string of the molecule is CCCOC(=O)c1ccc(NC(=O)COC(=O)CCCC(=O)Nc2ccc(Oc3ccc(C(C)(C)C)cc3)cc2)cc1. The highest BCUT2D eigenvalue weighted by Gasteiger charge is 2.14. The molecule has 3 aromatic carbocycles. The monoisotopic (exact) mass is 574 g/mol. The second-order valence-corrected chi connectivity index (χ2v) is 10.7. The Balaban J connectivity index is 1.32. The molecule has 0 aliphatic heterocycles. The number of carbonyl (C=O) groups excluding carboxylic acids is 4. The van der Waals surface area contributed by atoms with Gasteiger partial charge in [0.15, 0.2) is 6.61 Å². The highest BCUT2D eigenvalue weighted by molar-refractivity contribution is 5.94. The van der Waals surface area contributed by atoms with Gasteiger partial charge in [-0.3, -0.25) is 14.4 Å². The molecule has 0 atom stereocenters. The third-order valence-electron chi connectivity index (χ3n) is 6.08. The Bertz CT molecular complexity index is 1340. The molecule has 0 spiro atoms. The molecule has 0 bridgehead atoms. The summed E-state index contributed by atoms with van der Waals surface area (Å²) in [5.41, 5.74) is 2.73. The summed E-state index contributed by atoms with van der Waals surface area (Å²) >= 11 is 0. The molecular weight excluding hydrogens is 536 g/mol. The van der Waals surface area contributed by atoms with Crippen LogP contribution in [0.5, 0.6) is 11.5 Å². The van der Waals surface area contributed by atoms with Gasteiger partial charge in [0.05, 0.1) is 12.2 Å². The van der Waals surface area contributed by atoms with E-state index in [4.69, 9.17) is 14.2 Å².